The molecule has 6 heteroatoms. The molecule has 30 heavy (non-hydrogen) atoms. The SMILES string of the molecule is COc1ccc(-c2cnc(Nc3ccc(CCNCC4CCCO4)cc3)nc2)cc1. The Morgan fingerprint density at radius 3 is 2.43 bits per heavy atom. The van der Waals surface area contributed by atoms with Crippen molar-refractivity contribution in [1.29, 1.82) is 0 Å². The fraction of sp³-hybridized carbons (Fsp3) is 0.333. The molecule has 0 radical (unpaired) electrons. The first-order valence-electron chi connectivity index (χ1n) is 10.4. The van der Waals surface area contributed by atoms with Crippen molar-refractivity contribution in [2.45, 2.75) is 25.4 Å². The Morgan fingerprint density at radius 1 is 1.00 bits per heavy atom. The molecule has 4 rings (SSSR count). The van der Waals surface area contributed by atoms with Gasteiger partial charge < -0.3 is 20.1 Å². The molecule has 0 bridgehead atoms. The summed E-state index contributed by atoms with van der Waals surface area (Å²) in [6.07, 6.45) is 7.41. The molecule has 3 aromatic rings. The lowest BCUT2D eigenvalue weighted by atomic mass is 10.1. The van der Waals surface area contributed by atoms with Gasteiger partial charge in [-0.1, -0.05) is 24.3 Å². The van der Waals surface area contributed by atoms with Gasteiger partial charge in [0.2, 0.25) is 5.95 Å². The van der Waals surface area contributed by atoms with Crippen molar-refractivity contribution in [1.82, 2.24) is 15.3 Å². The number of nitrogens with zero attached hydrogens (tertiary/aromatic N) is 2. The Hall–Kier alpha value is -2.96. The highest BCUT2D eigenvalue weighted by molar-refractivity contribution is 5.63. The van der Waals surface area contributed by atoms with Gasteiger partial charge in [0.1, 0.15) is 5.75 Å². The van der Waals surface area contributed by atoms with E-state index in [2.05, 4.69) is 44.9 Å². The molecular weight excluding hydrogens is 376 g/mol. The monoisotopic (exact) mass is 404 g/mol. The predicted octanol–water partition coefficient (Wildman–Crippen LogP) is 4.21. The standard InChI is InChI=1S/C24H28N4O2/c1-29-22-10-6-19(7-11-22)20-15-26-24(27-16-20)28-21-8-4-18(5-9-21)12-13-25-17-23-3-2-14-30-23/h4-11,15-16,23,25H,2-3,12-14,17H2,1H3,(H,26,27,28). The maximum absolute atomic E-state index is 5.63. The first kappa shape index (κ1) is 20.3. The van der Waals surface area contributed by atoms with E-state index in [-0.39, 0.29) is 0 Å². The van der Waals surface area contributed by atoms with Crippen LogP contribution < -0.4 is 15.4 Å². The molecule has 1 saturated heterocycles. The molecule has 2 heterocycles. The van der Waals surface area contributed by atoms with Gasteiger partial charge in [-0.25, -0.2) is 9.97 Å². The summed E-state index contributed by atoms with van der Waals surface area (Å²) in [6.45, 7) is 2.82. The minimum Gasteiger partial charge on any atom is -0.497 e. The molecule has 1 aliphatic rings. The molecule has 0 spiro atoms. The molecule has 1 unspecified atom stereocenters. The third-order valence-corrected chi connectivity index (χ3v) is 5.27. The summed E-state index contributed by atoms with van der Waals surface area (Å²) in [7, 11) is 1.66. The lowest BCUT2D eigenvalue weighted by Gasteiger charge is -2.11. The van der Waals surface area contributed by atoms with Crippen LogP contribution in [0.5, 0.6) is 5.75 Å². The van der Waals surface area contributed by atoms with Gasteiger partial charge in [0.15, 0.2) is 0 Å². The molecule has 1 fully saturated rings. The highest BCUT2D eigenvalue weighted by Gasteiger charge is 2.14. The maximum atomic E-state index is 5.63. The van der Waals surface area contributed by atoms with Crippen molar-refractivity contribution in [2.24, 2.45) is 0 Å². The van der Waals surface area contributed by atoms with Crippen LogP contribution in [-0.4, -0.2) is 42.9 Å². The van der Waals surface area contributed by atoms with Crippen molar-refractivity contribution in [3.05, 3.63) is 66.5 Å². The number of hydrogen-bond donors (Lipinski definition) is 2. The summed E-state index contributed by atoms with van der Waals surface area (Å²) >= 11 is 0. The zero-order valence-electron chi connectivity index (χ0n) is 17.3. The molecule has 0 amide bonds. The predicted molar refractivity (Wildman–Crippen MR) is 119 cm³/mol. The summed E-state index contributed by atoms with van der Waals surface area (Å²) in [6, 6.07) is 16.3. The molecule has 2 aromatic carbocycles. The van der Waals surface area contributed by atoms with Crippen LogP contribution in [0.15, 0.2) is 60.9 Å². The number of anilines is 2. The van der Waals surface area contributed by atoms with Crippen molar-refractivity contribution < 1.29 is 9.47 Å². The topological polar surface area (TPSA) is 68.3 Å². The van der Waals surface area contributed by atoms with Gasteiger partial charge in [-0.2, -0.15) is 0 Å². The number of hydrogen-bond acceptors (Lipinski definition) is 6. The molecule has 2 N–H and O–H groups in total. The second kappa shape index (κ2) is 10.2. The second-order valence-electron chi connectivity index (χ2n) is 7.43. The van der Waals surface area contributed by atoms with Crippen LogP contribution in [-0.2, 0) is 11.2 Å². The van der Waals surface area contributed by atoms with Gasteiger partial charge in [0.25, 0.3) is 0 Å². The Balaban J connectivity index is 1.26. The summed E-state index contributed by atoms with van der Waals surface area (Å²) in [4.78, 5) is 8.88. The van der Waals surface area contributed by atoms with Gasteiger partial charge in [-0.05, 0) is 61.2 Å². The number of ether oxygens (including phenoxy) is 2. The minimum atomic E-state index is 0.396. The van der Waals surface area contributed by atoms with Crippen LogP contribution in [0.2, 0.25) is 0 Å². The maximum Gasteiger partial charge on any atom is 0.227 e. The van der Waals surface area contributed by atoms with Gasteiger partial charge in [-0.15, -0.1) is 0 Å². The zero-order valence-corrected chi connectivity index (χ0v) is 17.3. The highest BCUT2D eigenvalue weighted by atomic mass is 16.5. The molecule has 0 aliphatic carbocycles. The zero-order chi connectivity index (χ0) is 20.6. The van der Waals surface area contributed by atoms with Crippen LogP contribution in [0.1, 0.15) is 18.4 Å². The number of methoxy groups -OCH3 is 1. The van der Waals surface area contributed by atoms with Crippen LogP contribution >= 0.6 is 0 Å². The number of aromatic nitrogens is 2. The quantitative estimate of drug-likeness (QED) is 0.521. The second-order valence-corrected chi connectivity index (χ2v) is 7.43. The normalized spacial score (nSPS) is 15.8. The molecule has 1 aromatic heterocycles. The number of rotatable bonds is 9. The Labute approximate surface area is 177 Å². The highest BCUT2D eigenvalue weighted by Crippen LogP contribution is 2.22. The fourth-order valence-corrected chi connectivity index (χ4v) is 3.51. The smallest absolute Gasteiger partial charge is 0.227 e. The Morgan fingerprint density at radius 2 is 1.77 bits per heavy atom. The summed E-state index contributed by atoms with van der Waals surface area (Å²) in [5, 5.41) is 6.75. The van der Waals surface area contributed by atoms with Crippen LogP contribution in [0, 0.1) is 0 Å². The molecule has 0 saturated carbocycles. The van der Waals surface area contributed by atoms with Crippen LogP contribution in [0.3, 0.4) is 0 Å². The van der Waals surface area contributed by atoms with E-state index in [0.717, 1.165) is 48.7 Å². The first-order valence-corrected chi connectivity index (χ1v) is 10.4. The van der Waals surface area contributed by atoms with E-state index < -0.39 is 0 Å². The molecular formula is C24H28N4O2. The van der Waals surface area contributed by atoms with Gasteiger partial charge >= 0.3 is 0 Å². The van der Waals surface area contributed by atoms with Crippen molar-refractivity contribution in [2.75, 3.05) is 32.1 Å². The largest absolute Gasteiger partial charge is 0.497 e. The van der Waals surface area contributed by atoms with E-state index in [1.807, 2.05) is 36.7 Å². The van der Waals surface area contributed by atoms with E-state index in [1.54, 1.807) is 7.11 Å². The third-order valence-electron chi connectivity index (χ3n) is 5.27. The molecule has 156 valence electrons. The van der Waals surface area contributed by atoms with Gasteiger partial charge in [-0.3, -0.25) is 0 Å². The van der Waals surface area contributed by atoms with Crippen molar-refractivity contribution in [3.8, 4) is 16.9 Å². The van der Waals surface area contributed by atoms with E-state index in [4.69, 9.17) is 9.47 Å². The van der Waals surface area contributed by atoms with E-state index in [1.165, 1.54) is 18.4 Å². The van der Waals surface area contributed by atoms with Crippen molar-refractivity contribution >= 4 is 11.6 Å². The summed E-state index contributed by atoms with van der Waals surface area (Å²) < 4.78 is 10.8. The Kier molecular flexibility index (Phi) is 6.90. The summed E-state index contributed by atoms with van der Waals surface area (Å²) in [5.41, 5.74) is 4.30. The fourth-order valence-electron chi connectivity index (χ4n) is 3.51. The van der Waals surface area contributed by atoms with Crippen LogP contribution in [0.4, 0.5) is 11.6 Å². The van der Waals surface area contributed by atoms with Crippen molar-refractivity contribution in [3.63, 3.8) is 0 Å². The van der Waals surface area contributed by atoms with Gasteiger partial charge in [0, 0.05) is 36.8 Å². The Bertz CT molecular complexity index is 905. The third kappa shape index (κ3) is 5.55. The average molecular weight is 405 g/mol. The molecule has 1 atom stereocenters. The average Bonchev–Trinajstić information content (AvgIpc) is 3.32. The number of benzene rings is 2. The minimum absolute atomic E-state index is 0.396. The molecule has 1 aliphatic heterocycles. The van der Waals surface area contributed by atoms with Crippen LogP contribution in [0.25, 0.3) is 11.1 Å². The van der Waals surface area contributed by atoms with Gasteiger partial charge in [0.05, 0.1) is 13.2 Å². The summed E-state index contributed by atoms with van der Waals surface area (Å²) in [5.74, 6) is 1.42. The number of nitrogens with one attached hydrogen (secondary N) is 2. The van der Waals surface area contributed by atoms with E-state index in [9.17, 15) is 0 Å². The van der Waals surface area contributed by atoms with E-state index >= 15 is 0 Å². The lowest BCUT2D eigenvalue weighted by molar-refractivity contribution is 0.110. The van der Waals surface area contributed by atoms with E-state index in [0.29, 0.717) is 12.1 Å². The first-order chi connectivity index (χ1) is 14.8. The lowest BCUT2D eigenvalue weighted by Crippen LogP contribution is -2.27. The molecule has 6 nitrogen and oxygen atoms in total.